The van der Waals surface area contributed by atoms with E-state index in [2.05, 4.69) is 10.2 Å². The van der Waals surface area contributed by atoms with E-state index in [1.807, 2.05) is 58.0 Å². The van der Waals surface area contributed by atoms with Crippen LogP contribution < -0.4 is 10.2 Å². The Kier molecular flexibility index (Phi) is 8.04. The third kappa shape index (κ3) is 6.99. The number of anilines is 1. The maximum absolute atomic E-state index is 12.5. The van der Waals surface area contributed by atoms with E-state index in [1.54, 1.807) is 6.08 Å². The lowest BCUT2D eigenvalue weighted by atomic mass is 10.00. The van der Waals surface area contributed by atoms with Crippen molar-refractivity contribution in [1.82, 2.24) is 5.32 Å². The molecule has 28 heavy (non-hydrogen) atoms. The summed E-state index contributed by atoms with van der Waals surface area (Å²) in [5.41, 5.74) is 1.58. The molecule has 152 valence electrons. The molecule has 1 N–H and O–H groups in total. The van der Waals surface area contributed by atoms with E-state index in [0.717, 1.165) is 37.6 Å². The van der Waals surface area contributed by atoms with E-state index in [4.69, 9.17) is 9.47 Å². The summed E-state index contributed by atoms with van der Waals surface area (Å²) in [4.78, 5) is 14.8. The molecule has 0 aliphatic carbocycles. The Morgan fingerprint density at radius 2 is 1.96 bits per heavy atom. The van der Waals surface area contributed by atoms with Gasteiger partial charge in [0.1, 0.15) is 11.6 Å². The summed E-state index contributed by atoms with van der Waals surface area (Å²) >= 11 is 0. The van der Waals surface area contributed by atoms with Gasteiger partial charge in [0, 0.05) is 30.9 Å². The van der Waals surface area contributed by atoms with E-state index in [0.29, 0.717) is 13.0 Å². The molecule has 0 atom stereocenters. The first-order chi connectivity index (χ1) is 13.3. The van der Waals surface area contributed by atoms with Gasteiger partial charge in [-0.05, 0) is 57.9 Å². The second-order valence-electron chi connectivity index (χ2n) is 7.87. The number of nitrogens with zero attached hydrogens (tertiary/aromatic N) is 2. The average molecular weight is 386 g/mol. The van der Waals surface area contributed by atoms with Crippen LogP contribution in [0, 0.1) is 11.3 Å². The third-order valence-electron chi connectivity index (χ3n) is 4.58. The van der Waals surface area contributed by atoms with Crippen molar-refractivity contribution in [3.63, 3.8) is 0 Å². The Bertz CT molecular complexity index is 712. The van der Waals surface area contributed by atoms with E-state index in [9.17, 15) is 10.1 Å². The quantitative estimate of drug-likeness (QED) is 0.550. The highest BCUT2D eigenvalue weighted by Crippen LogP contribution is 2.18. The van der Waals surface area contributed by atoms with E-state index in [1.165, 1.54) is 0 Å². The Labute approximate surface area is 168 Å². The molecular formula is C22H31N3O3. The van der Waals surface area contributed by atoms with Crippen LogP contribution >= 0.6 is 0 Å². The number of hydrogen-bond acceptors (Lipinski definition) is 5. The van der Waals surface area contributed by atoms with Crippen molar-refractivity contribution >= 4 is 17.7 Å². The zero-order valence-corrected chi connectivity index (χ0v) is 17.3. The molecule has 1 aliphatic heterocycles. The number of amides is 1. The standard InChI is InChI=1S/C22H31N3O3/c1-17(2)28-12-9-22(3,4)24-21(26)19(16-23)15-18-5-7-20(8-6-18)25-10-13-27-14-11-25/h5-8,15,17H,9-14H2,1-4H3,(H,24,26)/b19-15+. The highest BCUT2D eigenvalue weighted by Gasteiger charge is 2.22. The molecular weight excluding hydrogens is 354 g/mol. The summed E-state index contributed by atoms with van der Waals surface area (Å²) in [6, 6.07) is 9.89. The minimum absolute atomic E-state index is 0.0944. The lowest BCUT2D eigenvalue weighted by Gasteiger charge is -2.28. The van der Waals surface area contributed by atoms with E-state index in [-0.39, 0.29) is 17.6 Å². The minimum atomic E-state index is -0.456. The number of rotatable bonds is 8. The fourth-order valence-corrected chi connectivity index (χ4v) is 2.91. The zero-order valence-electron chi connectivity index (χ0n) is 17.3. The minimum Gasteiger partial charge on any atom is -0.379 e. The van der Waals surface area contributed by atoms with Gasteiger partial charge >= 0.3 is 0 Å². The number of nitrogens with one attached hydrogen (secondary N) is 1. The van der Waals surface area contributed by atoms with Crippen molar-refractivity contribution < 1.29 is 14.3 Å². The zero-order chi connectivity index (χ0) is 20.6. The molecule has 1 saturated heterocycles. The summed E-state index contributed by atoms with van der Waals surface area (Å²) in [7, 11) is 0. The van der Waals surface area contributed by atoms with Crippen molar-refractivity contribution in [3.8, 4) is 6.07 Å². The summed E-state index contributed by atoms with van der Waals surface area (Å²) in [6.45, 7) is 11.6. The van der Waals surface area contributed by atoms with Crippen LogP contribution in [0.4, 0.5) is 5.69 Å². The second kappa shape index (κ2) is 10.3. The van der Waals surface area contributed by atoms with Gasteiger partial charge in [-0.1, -0.05) is 12.1 Å². The predicted molar refractivity (Wildman–Crippen MR) is 111 cm³/mol. The molecule has 0 radical (unpaired) electrons. The van der Waals surface area contributed by atoms with Crippen LogP contribution in [-0.4, -0.2) is 50.5 Å². The van der Waals surface area contributed by atoms with Gasteiger partial charge < -0.3 is 19.7 Å². The number of morpholine rings is 1. The van der Waals surface area contributed by atoms with Gasteiger partial charge in [-0.2, -0.15) is 5.26 Å². The molecule has 1 aromatic rings. The first-order valence-corrected chi connectivity index (χ1v) is 9.79. The maximum Gasteiger partial charge on any atom is 0.262 e. The van der Waals surface area contributed by atoms with Gasteiger partial charge in [0.15, 0.2) is 0 Å². The molecule has 0 aromatic heterocycles. The third-order valence-corrected chi connectivity index (χ3v) is 4.58. The molecule has 2 rings (SSSR count). The SMILES string of the molecule is CC(C)OCCC(C)(C)NC(=O)/C(C#N)=C/c1ccc(N2CCOCC2)cc1. The van der Waals surface area contributed by atoms with E-state index < -0.39 is 5.54 Å². The van der Waals surface area contributed by atoms with Crippen LogP contribution in [-0.2, 0) is 14.3 Å². The van der Waals surface area contributed by atoms with Crippen molar-refractivity contribution in [2.24, 2.45) is 0 Å². The number of nitriles is 1. The van der Waals surface area contributed by atoms with Gasteiger partial charge in [-0.3, -0.25) is 4.79 Å². The smallest absolute Gasteiger partial charge is 0.262 e. The fraction of sp³-hybridized carbons (Fsp3) is 0.545. The summed E-state index contributed by atoms with van der Waals surface area (Å²) in [6.07, 6.45) is 2.45. The molecule has 6 nitrogen and oxygen atoms in total. The van der Waals surface area contributed by atoms with Crippen molar-refractivity contribution in [3.05, 3.63) is 35.4 Å². The largest absolute Gasteiger partial charge is 0.379 e. The number of carbonyl (C=O) groups excluding carboxylic acids is 1. The van der Waals surface area contributed by atoms with Crippen LogP contribution in [0.15, 0.2) is 29.8 Å². The summed E-state index contributed by atoms with van der Waals surface area (Å²) < 4.78 is 10.9. The predicted octanol–water partition coefficient (Wildman–Crippen LogP) is 3.14. The molecule has 1 aliphatic rings. The van der Waals surface area contributed by atoms with Crippen LogP contribution in [0.2, 0.25) is 0 Å². The number of benzene rings is 1. The Morgan fingerprint density at radius 1 is 1.32 bits per heavy atom. The molecule has 6 heteroatoms. The molecule has 1 aromatic carbocycles. The fourth-order valence-electron chi connectivity index (χ4n) is 2.91. The molecule has 0 spiro atoms. The number of hydrogen-bond donors (Lipinski definition) is 1. The van der Waals surface area contributed by atoms with Crippen molar-refractivity contribution in [2.75, 3.05) is 37.8 Å². The van der Waals surface area contributed by atoms with Gasteiger partial charge in [-0.25, -0.2) is 0 Å². The van der Waals surface area contributed by atoms with Crippen LogP contribution in [0.25, 0.3) is 6.08 Å². The maximum atomic E-state index is 12.5. The molecule has 0 saturated carbocycles. The van der Waals surface area contributed by atoms with Gasteiger partial charge in [0.2, 0.25) is 0 Å². The summed E-state index contributed by atoms with van der Waals surface area (Å²) in [5.74, 6) is -0.366. The molecule has 1 amide bonds. The van der Waals surface area contributed by atoms with Crippen molar-refractivity contribution in [1.29, 1.82) is 5.26 Å². The first-order valence-electron chi connectivity index (χ1n) is 9.79. The van der Waals surface area contributed by atoms with Gasteiger partial charge in [-0.15, -0.1) is 0 Å². The Hall–Kier alpha value is -2.36. The van der Waals surface area contributed by atoms with Gasteiger partial charge in [0.25, 0.3) is 5.91 Å². The Morgan fingerprint density at radius 3 is 2.54 bits per heavy atom. The highest BCUT2D eigenvalue weighted by atomic mass is 16.5. The monoisotopic (exact) mass is 385 g/mol. The van der Waals surface area contributed by atoms with Crippen molar-refractivity contribution in [2.45, 2.75) is 45.8 Å². The summed E-state index contributed by atoms with van der Waals surface area (Å²) in [5, 5.41) is 12.4. The number of carbonyl (C=O) groups is 1. The van der Waals surface area contributed by atoms with Crippen LogP contribution in [0.5, 0.6) is 0 Å². The van der Waals surface area contributed by atoms with Crippen LogP contribution in [0.1, 0.15) is 39.7 Å². The van der Waals surface area contributed by atoms with E-state index >= 15 is 0 Å². The molecule has 1 fully saturated rings. The lowest BCUT2D eigenvalue weighted by Crippen LogP contribution is -2.44. The molecule has 0 bridgehead atoms. The topological polar surface area (TPSA) is 74.6 Å². The number of ether oxygens (including phenoxy) is 2. The Balaban J connectivity index is 1.99. The molecule has 0 unspecified atom stereocenters. The van der Waals surface area contributed by atoms with Crippen LogP contribution in [0.3, 0.4) is 0 Å². The van der Waals surface area contributed by atoms with Gasteiger partial charge in [0.05, 0.1) is 19.3 Å². The average Bonchev–Trinajstić information content (AvgIpc) is 2.66. The first kappa shape index (κ1) is 21.9. The second-order valence-corrected chi connectivity index (χ2v) is 7.87. The lowest BCUT2D eigenvalue weighted by molar-refractivity contribution is -0.118. The normalized spacial score (nSPS) is 15.4. The highest BCUT2D eigenvalue weighted by molar-refractivity contribution is 6.02. The molecule has 1 heterocycles.